The second-order valence-corrected chi connectivity index (χ2v) is 8.39. The molecule has 2 aromatic rings. The monoisotopic (exact) mass is 374 g/mol. The van der Waals surface area contributed by atoms with Crippen LogP contribution in [-0.2, 0) is 21.4 Å². The lowest BCUT2D eigenvalue weighted by atomic mass is 10.1. The number of hydrogen-bond acceptors (Lipinski definition) is 4. The molecule has 0 saturated carbocycles. The van der Waals surface area contributed by atoms with E-state index in [1.165, 1.54) is 4.31 Å². The van der Waals surface area contributed by atoms with Crippen LogP contribution in [0, 0.1) is 6.92 Å². The summed E-state index contributed by atoms with van der Waals surface area (Å²) in [5.41, 5.74) is 2.56. The van der Waals surface area contributed by atoms with Crippen LogP contribution >= 0.6 is 0 Å². The number of sulfonamides is 1. The van der Waals surface area contributed by atoms with Gasteiger partial charge in [-0.2, -0.15) is 0 Å². The Kier molecular flexibility index (Phi) is 5.18. The maximum absolute atomic E-state index is 12.6. The summed E-state index contributed by atoms with van der Waals surface area (Å²) in [5, 5.41) is 2.83. The molecule has 0 bridgehead atoms. The fourth-order valence-electron chi connectivity index (χ4n) is 2.88. The van der Waals surface area contributed by atoms with Crippen LogP contribution in [0.25, 0.3) is 0 Å². The summed E-state index contributed by atoms with van der Waals surface area (Å²) in [4.78, 5) is 12.6. The molecule has 7 heteroatoms. The molecule has 0 saturated heterocycles. The highest BCUT2D eigenvalue weighted by atomic mass is 32.2. The van der Waals surface area contributed by atoms with Crippen molar-refractivity contribution in [3.63, 3.8) is 0 Å². The van der Waals surface area contributed by atoms with Crippen molar-refractivity contribution in [2.24, 2.45) is 0 Å². The number of rotatable bonds is 5. The van der Waals surface area contributed by atoms with Gasteiger partial charge in [0.25, 0.3) is 5.91 Å². The highest BCUT2D eigenvalue weighted by molar-refractivity contribution is 7.92. The summed E-state index contributed by atoms with van der Waals surface area (Å²) in [6, 6.07) is 14.7. The van der Waals surface area contributed by atoms with E-state index in [1.807, 2.05) is 31.2 Å². The van der Waals surface area contributed by atoms with Gasteiger partial charge >= 0.3 is 0 Å². The average Bonchev–Trinajstić information content (AvgIpc) is 2.65. The van der Waals surface area contributed by atoms with Gasteiger partial charge in [-0.25, -0.2) is 8.42 Å². The number of para-hydroxylation sites is 2. The SMILES string of the molecule is CCS(=O)(=O)N1CC(C(=O)NCc2cccc(C)c2)Oc2ccccc21. The number of amides is 1. The molecule has 1 amide bonds. The van der Waals surface area contributed by atoms with E-state index in [4.69, 9.17) is 4.74 Å². The van der Waals surface area contributed by atoms with Crippen molar-refractivity contribution in [1.82, 2.24) is 5.32 Å². The van der Waals surface area contributed by atoms with E-state index in [0.29, 0.717) is 18.0 Å². The number of aryl methyl sites for hydroxylation is 1. The molecule has 0 radical (unpaired) electrons. The minimum Gasteiger partial charge on any atom is -0.476 e. The summed E-state index contributed by atoms with van der Waals surface area (Å²) in [5.74, 6) is 0.0164. The third-order valence-corrected chi connectivity index (χ3v) is 6.02. The van der Waals surface area contributed by atoms with Crippen molar-refractivity contribution < 1.29 is 17.9 Å². The lowest BCUT2D eigenvalue weighted by Gasteiger charge is -2.34. The Morgan fingerprint density at radius 3 is 2.73 bits per heavy atom. The Labute approximate surface area is 153 Å². The van der Waals surface area contributed by atoms with Crippen molar-refractivity contribution in [2.45, 2.75) is 26.5 Å². The molecular weight excluding hydrogens is 352 g/mol. The number of ether oxygens (including phenoxy) is 1. The summed E-state index contributed by atoms with van der Waals surface area (Å²) < 4.78 is 31.9. The number of nitrogens with one attached hydrogen (secondary N) is 1. The van der Waals surface area contributed by atoms with Gasteiger partial charge in [0.1, 0.15) is 5.75 Å². The van der Waals surface area contributed by atoms with E-state index in [0.717, 1.165) is 11.1 Å². The van der Waals surface area contributed by atoms with Crippen molar-refractivity contribution in [1.29, 1.82) is 0 Å². The van der Waals surface area contributed by atoms with E-state index in [9.17, 15) is 13.2 Å². The van der Waals surface area contributed by atoms with E-state index >= 15 is 0 Å². The van der Waals surface area contributed by atoms with E-state index < -0.39 is 16.1 Å². The fourth-order valence-corrected chi connectivity index (χ4v) is 4.01. The van der Waals surface area contributed by atoms with Gasteiger partial charge < -0.3 is 10.1 Å². The van der Waals surface area contributed by atoms with Crippen LogP contribution in [0.5, 0.6) is 5.75 Å². The molecule has 0 aromatic heterocycles. The number of carbonyl (C=O) groups is 1. The fraction of sp³-hybridized carbons (Fsp3) is 0.316. The van der Waals surface area contributed by atoms with Gasteiger partial charge in [-0.1, -0.05) is 42.0 Å². The lowest BCUT2D eigenvalue weighted by Crippen LogP contribution is -2.50. The van der Waals surface area contributed by atoms with Gasteiger partial charge in [0.2, 0.25) is 10.0 Å². The minimum atomic E-state index is -3.50. The second-order valence-electron chi connectivity index (χ2n) is 6.21. The van der Waals surface area contributed by atoms with Crippen molar-refractivity contribution >= 4 is 21.6 Å². The molecule has 0 fully saturated rings. The first-order valence-corrected chi connectivity index (χ1v) is 10.1. The molecule has 1 aliphatic rings. The first kappa shape index (κ1) is 18.3. The normalized spacial score (nSPS) is 16.5. The van der Waals surface area contributed by atoms with Crippen LogP contribution in [0.1, 0.15) is 18.1 Å². The maximum atomic E-state index is 12.6. The Morgan fingerprint density at radius 2 is 2.00 bits per heavy atom. The van der Waals surface area contributed by atoms with Crippen LogP contribution in [0.2, 0.25) is 0 Å². The summed E-state index contributed by atoms with van der Waals surface area (Å²) >= 11 is 0. The van der Waals surface area contributed by atoms with Crippen LogP contribution in [-0.4, -0.2) is 32.7 Å². The zero-order valence-electron chi connectivity index (χ0n) is 14.8. The largest absolute Gasteiger partial charge is 0.476 e. The molecule has 1 unspecified atom stereocenters. The van der Waals surface area contributed by atoms with Gasteiger partial charge in [-0.05, 0) is 31.5 Å². The molecule has 1 aliphatic heterocycles. The molecule has 1 heterocycles. The molecule has 26 heavy (non-hydrogen) atoms. The molecule has 138 valence electrons. The molecule has 3 rings (SSSR count). The number of anilines is 1. The average molecular weight is 374 g/mol. The third kappa shape index (κ3) is 3.83. The molecule has 2 aromatic carbocycles. The lowest BCUT2D eigenvalue weighted by molar-refractivity contribution is -0.127. The van der Waals surface area contributed by atoms with E-state index in [2.05, 4.69) is 5.32 Å². The number of nitrogens with zero attached hydrogens (tertiary/aromatic N) is 1. The van der Waals surface area contributed by atoms with Gasteiger partial charge in [-0.3, -0.25) is 9.10 Å². The van der Waals surface area contributed by atoms with Crippen LogP contribution in [0.15, 0.2) is 48.5 Å². The zero-order chi connectivity index (χ0) is 18.7. The smallest absolute Gasteiger partial charge is 0.263 e. The highest BCUT2D eigenvalue weighted by Crippen LogP contribution is 2.35. The topological polar surface area (TPSA) is 75.7 Å². The van der Waals surface area contributed by atoms with Crippen LogP contribution < -0.4 is 14.4 Å². The molecule has 1 N–H and O–H groups in total. The molecule has 0 aliphatic carbocycles. The standard InChI is InChI=1S/C19H22N2O4S/c1-3-26(23,24)21-13-18(25-17-10-5-4-9-16(17)21)19(22)20-12-15-8-6-7-14(2)11-15/h4-11,18H,3,12-13H2,1-2H3,(H,20,22). The van der Waals surface area contributed by atoms with E-state index in [-0.39, 0.29) is 18.2 Å². The van der Waals surface area contributed by atoms with Crippen molar-refractivity contribution in [2.75, 3.05) is 16.6 Å². The Bertz CT molecular complexity index is 911. The Hall–Kier alpha value is -2.54. The van der Waals surface area contributed by atoms with Gasteiger partial charge in [0, 0.05) is 6.54 Å². The first-order valence-electron chi connectivity index (χ1n) is 8.50. The Morgan fingerprint density at radius 1 is 1.23 bits per heavy atom. The number of hydrogen-bond donors (Lipinski definition) is 1. The number of carbonyl (C=O) groups excluding carboxylic acids is 1. The van der Waals surface area contributed by atoms with Crippen molar-refractivity contribution in [3.8, 4) is 5.75 Å². The first-order chi connectivity index (χ1) is 12.4. The summed E-state index contributed by atoms with van der Waals surface area (Å²) in [6.07, 6.45) is -0.893. The minimum absolute atomic E-state index is 0.0349. The predicted molar refractivity (Wildman–Crippen MR) is 101 cm³/mol. The quantitative estimate of drug-likeness (QED) is 0.871. The van der Waals surface area contributed by atoms with Crippen molar-refractivity contribution in [3.05, 3.63) is 59.7 Å². The number of benzene rings is 2. The van der Waals surface area contributed by atoms with Gasteiger partial charge in [0.05, 0.1) is 18.0 Å². The van der Waals surface area contributed by atoms with E-state index in [1.54, 1.807) is 31.2 Å². The van der Waals surface area contributed by atoms with Gasteiger partial charge in [-0.15, -0.1) is 0 Å². The molecule has 0 spiro atoms. The van der Waals surface area contributed by atoms with Crippen LogP contribution in [0.3, 0.4) is 0 Å². The van der Waals surface area contributed by atoms with Gasteiger partial charge in [0.15, 0.2) is 6.10 Å². The second kappa shape index (κ2) is 7.37. The summed E-state index contributed by atoms with van der Waals surface area (Å²) in [7, 11) is -3.50. The summed E-state index contributed by atoms with van der Waals surface area (Å²) in [6.45, 7) is 3.90. The predicted octanol–water partition coefficient (Wildman–Crippen LogP) is 2.23. The molecular formula is C19H22N2O4S. The van der Waals surface area contributed by atoms with Crippen LogP contribution in [0.4, 0.5) is 5.69 Å². The molecule has 6 nitrogen and oxygen atoms in total. The number of fused-ring (bicyclic) bond motifs is 1. The third-order valence-electron chi connectivity index (χ3n) is 4.28. The zero-order valence-corrected chi connectivity index (χ0v) is 15.6. The Balaban J connectivity index is 1.77. The molecule has 1 atom stereocenters. The highest BCUT2D eigenvalue weighted by Gasteiger charge is 2.35. The maximum Gasteiger partial charge on any atom is 0.263 e.